The van der Waals surface area contributed by atoms with E-state index in [-0.39, 0.29) is 5.41 Å². The summed E-state index contributed by atoms with van der Waals surface area (Å²) in [5, 5.41) is 2.53. The van der Waals surface area contributed by atoms with Gasteiger partial charge in [-0.25, -0.2) is 15.0 Å². The minimum Gasteiger partial charge on any atom is -0.309 e. The molecule has 7 aromatic carbocycles. The van der Waals surface area contributed by atoms with Crippen molar-refractivity contribution in [2.45, 2.75) is 24.7 Å². The van der Waals surface area contributed by atoms with Crippen LogP contribution in [0.15, 0.2) is 170 Å². The van der Waals surface area contributed by atoms with E-state index in [4.69, 9.17) is 15.0 Å². The zero-order chi connectivity index (χ0) is 35.3. The van der Waals surface area contributed by atoms with Crippen molar-refractivity contribution in [3.05, 3.63) is 203 Å². The highest BCUT2D eigenvalue weighted by Crippen LogP contribution is 2.61. The molecule has 9 aromatic rings. The molecule has 0 radical (unpaired) electrons. The molecule has 2 aliphatic rings. The van der Waals surface area contributed by atoms with Crippen LogP contribution in [-0.2, 0) is 10.8 Å². The van der Waals surface area contributed by atoms with Crippen molar-refractivity contribution in [1.29, 1.82) is 0 Å². The van der Waals surface area contributed by atoms with Crippen LogP contribution < -0.4 is 0 Å². The van der Waals surface area contributed by atoms with Crippen LogP contribution in [0.2, 0.25) is 0 Å². The van der Waals surface area contributed by atoms with Crippen LogP contribution in [0.1, 0.15) is 47.2 Å². The number of rotatable bonds is 3. The third-order valence-electron chi connectivity index (χ3n) is 11.7. The number of benzene rings is 7. The highest BCUT2D eigenvalue weighted by molar-refractivity contribution is 6.12. The highest BCUT2D eigenvalue weighted by Gasteiger charge is 2.53. The van der Waals surface area contributed by atoms with Gasteiger partial charge in [0.05, 0.1) is 22.1 Å². The summed E-state index contributed by atoms with van der Waals surface area (Å²) >= 11 is 0. The summed E-state index contributed by atoms with van der Waals surface area (Å²) < 4.78 is 2.50. The van der Waals surface area contributed by atoms with E-state index in [9.17, 15) is 0 Å². The molecule has 1 spiro atoms. The molecular formula is C49H34N4. The lowest BCUT2D eigenvalue weighted by atomic mass is 9.52. The van der Waals surface area contributed by atoms with Gasteiger partial charge >= 0.3 is 0 Å². The van der Waals surface area contributed by atoms with Gasteiger partial charge in [-0.05, 0) is 45.5 Å². The lowest BCUT2D eigenvalue weighted by Gasteiger charge is -2.50. The van der Waals surface area contributed by atoms with Gasteiger partial charge in [-0.3, -0.25) is 0 Å². The number of hydrogen-bond donors (Lipinski definition) is 0. The molecule has 53 heavy (non-hydrogen) atoms. The molecule has 1 aliphatic heterocycles. The number of para-hydroxylation sites is 3. The normalized spacial score (nSPS) is 16.3. The molecule has 0 bridgehead atoms. The summed E-state index contributed by atoms with van der Waals surface area (Å²) in [7, 11) is 0. The third-order valence-corrected chi connectivity index (χ3v) is 11.7. The van der Waals surface area contributed by atoms with Gasteiger partial charge in [0.15, 0.2) is 17.5 Å². The predicted octanol–water partition coefficient (Wildman–Crippen LogP) is 11.3. The van der Waals surface area contributed by atoms with E-state index < -0.39 is 5.41 Å². The maximum Gasteiger partial charge on any atom is 0.164 e. The van der Waals surface area contributed by atoms with Crippen LogP contribution in [0.4, 0.5) is 0 Å². The molecule has 11 rings (SSSR count). The van der Waals surface area contributed by atoms with Gasteiger partial charge in [0.1, 0.15) is 0 Å². The van der Waals surface area contributed by atoms with Crippen molar-refractivity contribution in [3.63, 3.8) is 0 Å². The summed E-state index contributed by atoms with van der Waals surface area (Å²) in [6.07, 6.45) is 0. The zero-order valence-corrected chi connectivity index (χ0v) is 29.5. The lowest BCUT2D eigenvalue weighted by molar-refractivity contribution is 0.557. The van der Waals surface area contributed by atoms with Gasteiger partial charge in [0, 0.05) is 32.9 Å². The van der Waals surface area contributed by atoms with Gasteiger partial charge in [-0.15, -0.1) is 0 Å². The summed E-state index contributed by atoms with van der Waals surface area (Å²) in [6.45, 7) is 4.73. The Morgan fingerprint density at radius 2 is 0.943 bits per heavy atom. The molecule has 4 nitrogen and oxygen atoms in total. The van der Waals surface area contributed by atoms with Crippen molar-refractivity contribution in [2.24, 2.45) is 0 Å². The molecule has 0 amide bonds. The molecule has 0 saturated heterocycles. The van der Waals surface area contributed by atoms with E-state index in [1.165, 1.54) is 60.9 Å². The zero-order valence-electron chi connectivity index (χ0n) is 29.5. The van der Waals surface area contributed by atoms with E-state index in [2.05, 4.69) is 152 Å². The second kappa shape index (κ2) is 10.9. The first-order valence-corrected chi connectivity index (χ1v) is 18.3. The molecule has 3 heterocycles. The Morgan fingerprint density at radius 1 is 0.415 bits per heavy atom. The van der Waals surface area contributed by atoms with Gasteiger partial charge in [0.25, 0.3) is 0 Å². The molecule has 4 heteroatoms. The average Bonchev–Trinajstić information content (AvgIpc) is 3.56. The van der Waals surface area contributed by atoms with E-state index in [1.807, 2.05) is 36.4 Å². The smallest absolute Gasteiger partial charge is 0.164 e. The molecule has 0 saturated carbocycles. The second-order valence-corrected chi connectivity index (χ2v) is 14.8. The number of aromatic nitrogens is 4. The Bertz CT molecular complexity index is 2870. The summed E-state index contributed by atoms with van der Waals surface area (Å²) in [4.78, 5) is 15.6. The molecular weight excluding hydrogens is 645 g/mol. The van der Waals surface area contributed by atoms with Crippen molar-refractivity contribution in [1.82, 2.24) is 19.5 Å². The standard InChI is InChI=1S/C49H34N4/c1-48(2)36-24-10-11-25-37(36)49(38-26-12-14-30-42(38)53-41-29-13-9-21-33(41)34-22-15-28-40(49)44(34)53)39-27-16-23-35(43(39)48)47-51-45(31-17-5-3-6-18-31)50-46(52-47)32-19-7-4-8-20-32/h3-30H,1-2H3. The first-order chi connectivity index (χ1) is 26.1. The molecule has 0 fully saturated rings. The SMILES string of the molecule is CC1(C)c2ccccc2C2(c3ccccc3-n3c4ccccc4c4cccc2c43)c2cccc(-c3nc(-c4ccccc4)nc(-c4ccccc4)n3)c21. The lowest BCUT2D eigenvalue weighted by Crippen LogP contribution is -2.44. The molecule has 1 unspecified atom stereocenters. The van der Waals surface area contributed by atoms with Crippen LogP contribution >= 0.6 is 0 Å². The molecule has 1 aliphatic carbocycles. The monoisotopic (exact) mass is 678 g/mol. The minimum absolute atomic E-state index is 0.382. The quantitative estimate of drug-likeness (QED) is 0.187. The Balaban J connectivity index is 1.29. The number of fused-ring (bicyclic) bond motifs is 11. The topological polar surface area (TPSA) is 43.6 Å². The second-order valence-electron chi connectivity index (χ2n) is 14.8. The highest BCUT2D eigenvalue weighted by atomic mass is 15.0. The van der Waals surface area contributed by atoms with Crippen molar-refractivity contribution < 1.29 is 0 Å². The predicted molar refractivity (Wildman–Crippen MR) is 214 cm³/mol. The Kier molecular flexibility index (Phi) is 6.19. The Hall–Kier alpha value is -6.65. The van der Waals surface area contributed by atoms with Crippen LogP contribution in [0.25, 0.3) is 61.7 Å². The third kappa shape index (κ3) is 3.98. The van der Waals surface area contributed by atoms with E-state index in [0.717, 1.165) is 16.7 Å². The summed E-state index contributed by atoms with van der Waals surface area (Å²) in [5.41, 5.74) is 13.3. The Morgan fingerprint density at radius 3 is 1.68 bits per heavy atom. The van der Waals surface area contributed by atoms with Crippen LogP contribution in [0, 0.1) is 0 Å². The molecule has 1 atom stereocenters. The largest absolute Gasteiger partial charge is 0.309 e. The van der Waals surface area contributed by atoms with Crippen molar-refractivity contribution in [2.75, 3.05) is 0 Å². The van der Waals surface area contributed by atoms with E-state index in [1.54, 1.807) is 0 Å². The minimum atomic E-state index is -0.602. The van der Waals surface area contributed by atoms with Crippen LogP contribution in [-0.4, -0.2) is 19.5 Å². The van der Waals surface area contributed by atoms with Gasteiger partial charge in [-0.2, -0.15) is 0 Å². The average molecular weight is 679 g/mol. The van der Waals surface area contributed by atoms with Crippen LogP contribution in [0.3, 0.4) is 0 Å². The molecule has 250 valence electrons. The number of hydrogen-bond acceptors (Lipinski definition) is 3. The molecule has 2 aromatic heterocycles. The van der Waals surface area contributed by atoms with Crippen molar-refractivity contribution in [3.8, 4) is 39.9 Å². The van der Waals surface area contributed by atoms with E-state index in [0.29, 0.717) is 17.5 Å². The van der Waals surface area contributed by atoms with Crippen molar-refractivity contribution >= 4 is 21.8 Å². The van der Waals surface area contributed by atoms with Crippen LogP contribution in [0.5, 0.6) is 0 Å². The fourth-order valence-electron chi connectivity index (χ4n) is 9.57. The maximum atomic E-state index is 5.28. The van der Waals surface area contributed by atoms with E-state index >= 15 is 0 Å². The fraction of sp³-hybridized carbons (Fsp3) is 0.0816. The first kappa shape index (κ1) is 30.0. The van der Waals surface area contributed by atoms with Gasteiger partial charge in [0.2, 0.25) is 0 Å². The molecule has 0 N–H and O–H groups in total. The fourth-order valence-corrected chi connectivity index (χ4v) is 9.57. The first-order valence-electron chi connectivity index (χ1n) is 18.3. The van der Waals surface area contributed by atoms with Gasteiger partial charge in [-0.1, -0.05) is 172 Å². The maximum absolute atomic E-state index is 5.28. The summed E-state index contributed by atoms with van der Waals surface area (Å²) in [6, 6.07) is 61.1. The Labute approximate surface area is 308 Å². The van der Waals surface area contributed by atoms with Gasteiger partial charge < -0.3 is 4.57 Å². The number of nitrogens with zero attached hydrogens (tertiary/aromatic N) is 4. The summed E-state index contributed by atoms with van der Waals surface area (Å²) in [5.74, 6) is 2.00.